The molecule has 0 spiro atoms. The van der Waals surface area contributed by atoms with Crippen LogP contribution in [0.2, 0.25) is 0 Å². The molecule has 1 heterocycles. The van der Waals surface area contributed by atoms with E-state index in [0.717, 1.165) is 18.7 Å². The van der Waals surface area contributed by atoms with Crippen molar-refractivity contribution in [3.8, 4) is 0 Å². The molecule has 2 N–H and O–H groups in total. The highest BCUT2D eigenvalue weighted by Crippen LogP contribution is 2.28. The SMILES string of the molecule is CC(C)c1ccc(N2C[C@H](C)NC[C@H]2C)c(CO)c1. The monoisotopic (exact) mass is 262 g/mol. The molecule has 1 aliphatic heterocycles. The molecule has 2 rings (SSSR count). The lowest BCUT2D eigenvalue weighted by Crippen LogP contribution is -2.54. The molecule has 1 aromatic rings. The van der Waals surface area contributed by atoms with E-state index in [0.29, 0.717) is 18.0 Å². The molecule has 0 aromatic heterocycles. The Morgan fingerprint density at radius 2 is 2.11 bits per heavy atom. The van der Waals surface area contributed by atoms with Crippen LogP contribution in [0.25, 0.3) is 0 Å². The summed E-state index contributed by atoms with van der Waals surface area (Å²) in [7, 11) is 0. The van der Waals surface area contributed by atoms with Gasteiger partial charge >= 0.3 is 0 Å². The van der Waals surface area contributed by atoms with Crippen molar-refractivity contribution in [1.29, 1.82) is 0 Å². The average molecular weight is 262 g/mol. The van der Waals surface area contributed by atoms with Gasteiger partial charge in [0.1, 0.15) is 0 Å². The van der Waals surface area contributed by atoms with E-state index in [2.05, 4.69) is 56.1 Å². The lowest BCUT2D eigenvalue weighted by molar-refractivity contribution is 0.281. The second kappa shape index (κ2) is 5.93. The topological polar surface area (TPSA) is 35.5 Å². The summed E-state index contributed by atoms with van der Waals surface area (Å²) >= 11 is 0. The van der Waals surface area contributed by atoms with Gasteiger partial charge in [-0.3, -0.25) is 0 Å². The van der Waals surface area contributed by atoms with Crippen molar-refractivity contribution < 1.29 is 5.11 Å². The van der Waals surface area contributed by atoms with E-state index < -0.39 is 0 Å². The van der Waals surface area contributed by atoms with Crippen LogP contribution < -0.4 is 10.2 Å². The van der Waals surface area contributed by atoms with Crippen molar-refractivity contribution in [2.24, 2.45) is 0 Å². The zero-order chi connectivity index (χ0) is 14.0. The molecular formula is C16H26N2O. The fraction of sp³-hybridized carbons (Fsp3) is 0.625. The van der Waals surface area contributed by atoms with Crippen LogP contribution in [-0.2, 0) is 6.61 Å². The lowest BCUT2D eigenvalue weighted by Gasteiger charge is -2.40. The van der Waals surface area contributed by atoms with E-state index in [1.54, 1.807) is 0 Å². The minimum atomic E-state index is 0.112. The Labute approximate surface area is 116 Å². The number of aliphatic hydroxyl groups is 1. The van der Waals surface area contributed by atoms with Gasteiger partial charge in [0.2, 0.25) is 0 Å². The van der Waals surface area contributed by atoms with Crippen LogP contribution in [0.5, 0.6) is 0 Å². The third-order valence-corrected chi connectivity index (χ3v) is 4.01. The fourth-order valence-corrected chi connectivity index (χ4v) is 2.73. The summed E-state index contributed by atoms with van der Waals surface area (Å²) in [6, 6.07) is 7.48. The summed E-state index contributed by atoms with van der Waals surface area (Å²) in [5.41, 5.74) is 3.53. The quantitative estimate of drug-likeness (QED) is 0.878. The molecule has 2 atom stereocenters. The molecule has 3 heteroatoms. The first-order valence-electron chi connectivity index (χ1n) is 7.26. The summed E-state index contributed by atoms with van der Waals surface area (Å²) in [5.74, 6) is 0.499. The molecule has 106 valence electrons. The number of rotatable bonds is 3. The Kier molecular flexibility index (Phi) is 4.48. The zero-order valence-corrected chi connectivity index (χ0v) is 12.5. The molecule has 1 fully saturated rings. The minimum Gasteiger partial charge on any atom is -0.392 e. The van der Waals surface area contributed by atoms with Gasteiger partial charge in [0.05, 0.1) is 6.61 Å². The Morgan fingerprint density at radius 1 is 1.37 bits per heavy atom. The van der Waals surface area contributed by atoms with Gasteiger partial charge in [-0.1, -0.05) is 26.0 Å². The number of hydrogen-bond acceptors (Lipinski definition) is 3. The van der Waals surface area contributed by atoms with Crippen molar-refractivity contribution in [1.82, 2.24) is 5.32 Å². The van der Waals surface area contributed by atoms with Crippen molar-refractivity contribution >= 4 is 5.69 Å². The number of hydrogen-bond donors (Lipinski definition) is 2. The number of anilines is 1. The van der Waals surface area contributed by atoms with Crippen LogP contribution in [0.4, 0.5) is 5.69 Å². The van der Waals surface area contributed by atoms with Gasteiger partial charge in [0.25, 0.3) is 0 Å². The number of piperazine rings is 1. The first-order valence-corrected chi connectivity index (χ1v) is 7.26. The van der Waals surface area contributed by atoms with Gasteiger partial charge in [-0.05, 0) is 31.4 Å². The molecule has 0 unspecified atom stereocenters. The first-order chi connectivity index (χ1) is 9.02. The van der Waals surface area contributed by atoms with E-state index in [-0.39, 0.29) is 6.61 Å². The second-order valence-electron chi connectivity index (χ2n) is 6.01. The van der Waals surface area contributed by atoms with Crippen molar-refractivity contribution in [3.63, 3.8) is 0 Å². The smallest absolute Gasteiger partial charge is 0.0702 e. The third kappa shape index (κ3) is 3.10. The predicted molar refractivity (Wildman–Crippen MR) is 80.7 cm³/mol. The molecule has 0 radical (unpaired) electrons. The summed E-state index contributed by atoms with van der Waals surface area (Å²) in [6.07, 6.45) is 0. The molecule has 0 aliphatic carbocycles. The number of benzene rings is 1. The van der Waals surface area contributed by atoms with Crippen LogP contribution in [-0.4, -0.2) is 30.3 Å². The van der Waals surface area contributed by atoms with E-state index in [9.17, 15) is 5.11 Å². The summed E-state index contributed by atoms with van der Waals surface area (Å²) in [5, 5.41) is 13.2. The number of nitrogens with one attached hydrogen (secondary N) is 1. The Bertz CT molecular complexity index is 431. The Hall–Kier alpha value is -1.06. The number of aliphatic hydroxyl groups excluding tert-OH is 1. The summed E-state index contributed by atoms with van der Waals surface area (Å²) < 4.78 is 0. The van der Waals surface area contributed by atoms with E-state index in [1.165, 1.54) is 11.3 Å². The fourth-order valence-electron chi connectivity index (χ4n) is 2.73. The van der Waals surface area contributed by atoms with Crippen molar-refractivity contribution in [3.05, 3.63) is 29.3 Å². The first kappa shape index (κ1) is 14.4. The molecule has 0 bridgehead atoms. The van der Waals surface area contributed by atoms with Crippen molar-refractivity contribution in [2.75, 3.05) is 18.0 Å². The molecule has 1 aliphatic rings. The zero-order valence-electron chi connectivity index (χ0n) is 12.5. The van der Waals surface area contributed by atoms with Crippen molar-refractivity contribution in [2.45, 2.75) is 52.3 Å². The van der Waals surface area contributed by atoms with Crippen LogP contribution in [0, 0.1) is 0 Å². The maximum absolute atomic E-state index is 9.67. The second-order valence-corrected chi connectivity index (χ2v) is 6.01. The maximum atomic E-state index is 9.67. The average Bonchev–Trinajstić information content (AvgIpc) is 2.40. The van der Waals surface area contributed by atoms with Gasteiger partial charge < -0.3 is 15.3 Å². The summed E-state index contributed by atoms with van der Waals surface area (Å²) in [6.45, 7) is 10.9. The van der Waals surface area contributed by atoms with E-state index >= 15 is 0 Å². The van der Waals surface area contributed by atoms with Gasteiger partial charge in [-0.2, -0.15) is 0 Å². The van der Waals surface area contributed by atoms with Gasteiger partial charge in [-0.25, -0.2) is 0 Å². The van der Waals surface area contributed by atoms with E-state index in [1.807, 2.05) is 0 Å². The lowest BCUT2D eigenvalue weighted by atomic mass is 9.98. The highest BCUT2D eigenvalue weighted by molar-refractivity contribution is 5.56. The Morgan fingerprint density at radius 3 is 2.74 bits per heavy atom. The molecule has 0 amide bonds. The molecule has 3 nitrogen and oxygen atoms in total. The van der Waals surface area contributed by atoms with E-state index in [4.69, 9.17) is 0 Å². The highest BCUT2D eigenvalue weighted by atomic mass is 16.3. The molecule has 1 saturated heterocycles. The predicted octanol–water partition coefficient (Wildman–Crippen LogP) is 2.49. The van der Waals surface area contributed by atoms with Crippen LogP contribution in [0.3, 0.4) is 0 Å². The van der Waals surface area contributed by atoms with Gasteiger partial charge in [-0.15, -0.1) is 0 Å². The highest BCUT2D eigenvalue weighted by Gasteiger charge is 2.24. The standard InChI is InChI=1S/C16H26N2O/c1-11(2)14-5-6-16(15(7-14)10-19)18-9-12(3)17-8-13(18)4/h5-7,11-13,17,19H,8-10H2,1-4H3/t12-,13+/m0/s1. The molecule has 19 heavy (non-hydrogen) atoms. The maximum Gasteiger partial charge on any atom is 0.0702 e. The van der Waals surface area contributed by atoms with Crippen LogP contribution >= 0.6 is 0 Å². The molecule has 1 aromatic carbocycles. The minimum absolute atomic E-state index is 0.112. The Balaban J connectivity index is 2.32. The molecule has 0 saturated carbocycles. The van der Waals surface area contributed by atoms with Gasteiger partial charge in [0.15, 0.2) is 0 Å². The molecular weight excluding hydrogens is 236 g/mol. The van der Waals surface area contributed by atoms with Crippen LogP contribution in [0.1, 0.15) is 44.7 Å². The summed E-state index contributed by atoms with van der Waals surface area (Å²) in [4.78, 5) is 2.41. The number of nitrogens with zero attached hydrogens (tertiary/aromatic N) is 1. The normalized spacial score (nSPS) is 24.0. The van der Waals surface area contributed by atoms with Gasteiger partial charge in [0, 0.05) is 36.4 Å². The largest absolute Gasteiger partial charge is 0.392 e. The third-order valence-electron chi connectivity index (χ3n) is 4.01. The van der Waals surface area contributed by atoms with Crippen LogP contribution in [0.15, 0.2) is 18.2 Å².